The van der Waals surface area contributed by atoms with Gasteiger partial charge in [-0.25, -0.2) is 4.98 Å². The Morgan fingerprint density at radius 2 is 2.00 bits per heavy atom. The van der Waals surface area contributed by atoms with Gasteiger partial charge in [0.25, 0.3) is 17.6 Å². The number of H-pyrrole nitrogens is 1. The summed E-state index contributed by atoms with van der Waals surface area (Å²) in [5.74, 6) is 1.83. The third kappa shape index (κ3) is 3.88. The molecule has 6 nitrogen and oxygen atoms in total. The number of nitrogens with one attached hydrogen (secondary N) is 2. The van der Waals surface area contributed by atoms with Crippen LogP contribution in [-0.4, -0.2) is 36.4 Å². The van der Waals surface area contributed by atoms with Crippen molar-refractivity contribution >= 4 is 17.2 Å². The largest absolute Gasteiger partial charge is 0.419 e. The van der Waals surface area contributed by atoms with Gasteiger partial charge in [0, 0.05) is 6.07 Å². The Balaban J connectivity index is 1.37. The maximum atomic E-state index is 12.7. The number of nitrogens with zero attached hydrogens (tertiary/aromatic N) is 3. The molecule has 28 heavy (non-hydrogen) atoms. The smallest absolute Gasteiger partial charge is 0.414 e. The SMILES string of the molecule is C[C@@H](c1nnc(-c2cccs2)o1)[NH+]1CCN(c2ccc(C(F)(F)F)c[nH+]2)CC1. The van der Waals surface area contributed by atoms with Gasteiger partial charge in [0.1, 0.15) is 32.4 Å². The van der Waals surface area contributed by atoms with Gasteiger partial charge in [-0.05, 0) is 24.4 Å². The number of thiophene rings is 1. The molecule has 0 spiro atoms. The lowest BCUT2D eigenvalue weighted by atomic mass is 10.2. The maximum Gasteiger partial charge on any atom is 0.419 e. The van der Waals surface area contributed by atoms with E-state index in [-0.39, 0.29) is 6.04 Å². The van der Waals surface area contributed by atoms with Crippen LogP contribution >= 0.6 is 11.3 Å². The van der Waals surface area contributed by atoms with Gasteiger partial charge >= 0.3 is 6.18 Å². The van der Waals surface area contributed by atoms with E-state index in [0.29, 0.717) is 17.6 Å². The molecule has 0 radical (unpaired) electrons. The predicted octanol–water partition coefficient (Wildman–Crippen LogP) is 2.10. The summed E-state index contributed by atoms with van der Waals surface area (Å²) in [6.45, 7) is 5.17. The molecule has 3 aromatic heterocycles. The molecule has 1 fully saturated rings. The molecule has 3 aromatic rings. The van der Waals surface area contributed by atoms with Crippen molar-refractivity contribution in [3.05, 3.63) is 47.3 Å². The third-order valence-electron chi connectivity index (χ3n) is 5.03. The number of anilines is 1. The van der Waals surface area contributed by atoms with E-state index in [4.69, 9.17) is 4.42 Å². The molecule has 148 valence electrons. The summed E-state index contributed by atoms with van der Waals surface area (Å²) >= 11 is 1.55. The summed E-state index contributed by atoms with van der Waals surface area (Å²) in [7, 11) is 0. The Morgan fingerprint density at radius 1 is 1.21 bits per heavy atom. The van der Waals surface area contributed by atoms with Crippen LogP contribution in [0.5, 0.6) is 0 Å². The van der Waals surface area contributed by atoms with Gasteiger partial charge in [-0.15, -0.1) is 21.5 Å². The van der Waals surface area contributed by atoms with Gasteiger partial charge in [0.05, 0.1) is 10.4 Å². The lowest BCUT2D eigenvalue weighted by Crippen LogP contribution is -3.14. The number of aromatic nitrogens is 3. The van der Waals surface area contributed by atoms with Gasteiger partial charge in [-0.1, -0.05) is 6.07 Å². The first-order chi connectivity index (χ1) is 13.4. The summed E-state index contributed by atoms with van der Waals surface area (Å²) in [6, 6.07) is 6.54. The molecular weight excluding hydrogens is 391 g/mol. The van der Waals surface area contributed by atoms with Crippen LogP contribution in [-0.2, 0) is 6.18 Å². The van der Waals surface area contributed by atoms with Crippen molar-refractivity contribution in [2.75, 3.05) is 31.1 Å². The first kappa shape index (κ1) is 18.9. The second-order valence-electron chi connectivity index (χ2n) is 6.75. The van der Waals surface area contributed by atoms with Crippen LogP contribution in [0.3, 0.4) is 0 Å². The van der Waals surface area contributed by atoms with Gasteiger partial charge < -0.3 is 9.32 Å². The lowest BCUT2D eigenvalue weighted by Gasteiger charge is -2.30. The number of piperazine rings is 1. The average Bonchev–Trinajstić information content (AvgIpc) is 3.38. The minimum absolute atomic E-state index is 0.0555. The van der Waals surface area contributed by atoms with Gasteiger partial charge in [0.15, 0.2) is 6.04 Å². The Hall–Kier alpha value is -2.46. The molecule has 0 aromatic carbocycles. The Kier molecular flexibility index (Phi) is 5.07. The van der Waals surface area contributed by atoms with Crippen LogP contribution < -0.4 is 14.8 Å². The van der Waals surface area contributed by atoms with E-state index in [0.717, 1.165) is 43.3 Å². The predicted molar refractivity (Wildman–Crippen MR) is 96.9 cm³/mol. The second kappa shape index (κ2) is 7.51. The van der Waals surface area contributed by atoms with Crippen molar-refractivity contribution in [2.45, 2.75) is 19.1 Å². The average molecular weight is 411 g/mol. The fourth-order valence-corrected chi connectivity index (χ4v) is 3.99. The summed E-state index contributed by atoms with van der Waals surface area (Å²) in [6.07, 6.45) is -3.32. The van der Waals surface area contributed by atoms with E-state index >= 15 is 0 Å². The number of halogens is 3. The zero-order valence-electron chi connectivity index (χ0n) is 15.2. The third-order valence-corrected chi connectivity index (χ3v) is 5.88. The topological polar surface area (TPSA) is 60.7 Å². The highest BCUT2D eigenvalue weighted by atomic mass is 32.1. The van der Waals surface area contributed by atoms with Crippen LogP contribution in [0.15, 0.2) is 40.3 Å². The molecule has 0 aliphatic carbocycles. The normalized spacial score (nSPS) is 17.1. The summed E-state index contributed by atoms with van der Waals surface area (Å²) in [5.41, 5.74) is -0.674. The molecule has 4 heterocycles. The van der Waals surface area contributed by atoms with Gasteiger partial charge in [0.2, 0.25) is 0 Å². The molecule has 1 saturated heterocycles. The molecule has 1 aliphatic rings. The molecule has 4 rings (SSSR count). The number of hydrogen-bond acceptors (Lipinski definition) is 5. The van der Waals surface area contributed by atoms with Gasteiger partial charge in [-0.2, -0.15) is 13.2 Å². The fraction of sp³-hybridized carbons (Fsp3) is 0.389. The van der Waals surface area contributed by atoms with Crippen molar-refractivity contribution in [3.63, 3.8) is 0 Å². The molecule has 10 heteroatoms. The van der Waals surface area contributed by atoms with E-state index in [2.05, 4.69) is 27.0 Å². The maximum absolute atomic E-state index is 12.7. The van der Waals surface area contributed by atoms with Crippen molar-refractivity contribution in [3.8, 4) is 10.8 Å². The van der Waals surface area contributed by atoms with Crippen LogP contribution in [0.2, 0.25) is 0 Å². The van der Waals surface area contributed by atoms with E-state index in [1.165, 1.54) is 11.0 Å². The minimum atomic E-state index is -4.33. The number of alkyl halides is 3. The molecule has 0 unspecified atom stereocenters. The van der Waals surface area contributed by atoms with Crippen LogP contribution in [0.4, 0.5) is 19.0 Å². The van der Waals surface area contributed by atoms with Crippen LogP contribution in [0.25, 0.3) is 10.8 Å². The number of hydrogen-bond donors (Lipinski definition) is 1. The fourth-order valence-electron chi connectivity index (χ4n) is 3.34. The Morgan fingerprint density at radius 3 is 2.61 bits per heavy atom. The highest BCUT2D eigenvalue weighted by molar-refractivity contribution is 7.13. The molecule has 0 amide bonds. The summed E-state index contributed by atoms with van der Waals surface area (Å²) in [5, 5.41) is 10.3. The lowest BCUT2D eigenvalue weighted by molar-refractivity contribution is -0.931. The molecule has 0 saturated carbocycles. The molecular formula is C18H20F3N5OS+2. The summed E-state index contributed by atoms with van der Waals surface area (Å²) in [4.78, 5) is 7.08. The van der Waals surface area contributed by atoms with Crippen molar-refractivity contribution in [1.82, 2.24) is 10.2 Å². The Bertz CT molecular complexity index is 902. The van der Waals surface area contributed by atoms with E-state index in [1.807, 2.05) is 17.5 Å². The highest BCUT2D eigenvalue weighted by Gasteiger charge is 2.34. The van der Waals surface area contributed by atoms with E-state index in [9.17, 15) is 13.2 Å². The second-order valence-corrected chi connectivity index (χ2v) is 7.70. The van der Waals surface area contributed by atoms with Crippen molar-refractivity contribution in [1.29, 1.82) is 0 Å². The summed E-state index contributed by atoms with van der Waals surface area (Å²) < 4.78 is 43.9. The monoisotopic (exact) mass is 411 g/mol. The van der Waals surface area contributed by atoms with Crippen LogP contribution in [0, 0.1) is 0 Å². The van der Waals surface area contributed by atoms with Crippen molar-refractivity contribution in [2.24, 2.45) is 0 Å². The number of quaternary nitrogens is 1. The van der Waals surface area contributed by atoms with Crippen molar-refractivity contribution < 1.29 is 27.5 Å². The van der Waals surface area contributed by atoms with Crippen LogP contribution in [0.1, 0.15) is 24.4 Å². The number of aromatic amines is 1. The molecule has 1 aliphatic heterocycles. The van der Waals surface area contributed by atoms with Gasteiger partial charge in [-0.3, -0.25) is 4.90 Å². The zero-order chi connectivity index (χ0) is 19.7. The Labute approximate surface area is 163 Å². The van der Waals surface area contributed by atoms with E-state index < -0.39 is 11.7 Å². The minimum Gasteiger partial charge on any atom is -0.414 e. The quantitative estimate of drug-likeness (QED) is 0.714. The first-order valence-corrected chi connectivity index (χ1v) is 9.85. The standard InChI is InChI=1S/C18H18F3N5OS/c1-12(16-23-24-17(27-16)14-3-2-10-28-14)25-6-8-26(9-7-25)15-5-4-13(11-22-15)18(19,20)21/h2-5,10-12H,6-9H2,1H3/p+2/t12-/m0/s1. The zero-order valence-corrected chi connectivity index (χ0v) is 16.0. The molecule has 1 atom stereocenters. The number of pyridine rings is 1. The first-order valence-electron chi connectivity index (χ1n) is 8.97. The molecule has 2 N–H and O–H groups in total. The highest BCUT2D eigenvalue weighted by Crippen LogP contribution is 2.28. The molecule has 0 bridgehead atoms. The van der Waals surface area contributed by atoms with E-state index in [1.54, 1.807) is 11.3 Å². The number of rotatable bonds is 4.